The first kappa shape index (κ1) is 33.4. The Morgan fingerprint density at radius 3 is 2.70 bits per heavy atom. The highest BCUT2D eigenvalue weighted by Gasteiger charge is 2.39. The van der Waals surface area contributed by atoms with Crippen molar-refractivity contribution < 1.29 is 13.4 Å². The predicted octanol–water partition coefficient (Wildman–Crippen LogP) is 7.94. The molecule has 0 amide bonds. The van der Waals surface area contributed by atoms with Crippen molar-refractivity contribution in [2.24, 2.45) is 16.8 Å². The van der Waals surface area contributed by atoms with E-state index in [4.69, 9.17) is 14.1 Å². The van der Waals surface area contributed by atoms with Crippen LogP contribution in [0.1, 0.15) is 69.1 Å². The fraction of sp³-hybridized carbons (Fsp3) is 0.472. The van der Waals surface area contributed by atoms with Gasteiger partial charge in [-0.15, -0.1) is 21.5 Å². The molecule has 1 aliphatic carbocycles. The Labute approximate surface area is 283 Å². The number of anilines is 1. The van der Waals surface area contributed by atoms with E-state index in [1.54, 1.807) is 18.3 Å². The third-order valence-corrected chi connectivity index (χ3v) is 12.0. The Balaban J connectivity index is 0.000000332. The van der Waals surface area contributed by atoms with Crippen LogP contribution in [-0.2, 0) is 22.0 Å². The Bertz CT molecular complexity index is 1850. The van der Waals surface area contributed by atoms with Gasteiger partial charge in [0.2, 0.25) is 11.8 Å². The SMILES string of the molecule is C=C/C=C1/CCCC1=NC.CNc1nccc2cc(-c3c(-c4nnc(C)o4)c(CC4CCOCC4)nc4c3S(=O)CC4C(C)C)sc12. The number of rotatable bonds is 7. The first-order valence-electron chi connectivity index (χ1n) is 16.5. The average molecular weight is 673 g/mol. The molecule has 2 unspecified atom stereocenters. The number of allylic oxidation sites excluding steroid dienone is 3. The molecule has 6 heterocycles. The Hall–Kier alpha value is -3.54. The molecule has 248 valence electrons. The Morgan fingerprint density at radius 1 is 1.21 bits per heavy atom. The molecule has 9 nitrogen and oxygen atoms in total. The van der Waals surface area contributed by atoms with Gasteiger partial charge in [0, 0.05) is 68.3 Å². The van der Waals surface area contributed by atoms with E-state index in [-0.39, 0.29) is 5.92 Å². The Kier molecular flexibility index (Phi) is 10.4. The number of nitrogens with zero attached hydrogens (tertiary/aromatic N) is 5. The number of nitrogens with one attached hydrogen (secondary N) is 1. The van der Waals surface area contributed by atoms with E-state index in [0.717, 1.165) is 87.1 Å². The molecule has 1 saturated heterocycles. The molecular weight excluding hydrogens is 629 g/mol. The number of ether oxygens (including phenoxy) is 1. The quantitative estimate of drug-likeness (QED) is 0.210. The maximum atomic E-state index is 13.8. The number of aliphatic imine (C=N–C) groups is 1. The second-order valence-corrected chi connectivity index (χ2v) is 15.1. The molecule has 0 radical (unpaired) electrons. The zero-order valence-corrected chi connectivity index (χ0v) is 29.6. The summed E-state index contributed by atoms with van der Waals surface area (Å²) in [6.07, 6.45) is 12.1. The van der Waals surface area contributed by atoms with Crippen molar-refractivity contribution >= 4 is 43.8 Å². The van der Waals surface area contributed by atoms with Gasteiger partial charge < -0.3 is 14.5 Å². The lowest BCUT2D eigenvalue weighted by Gasteiger charge is -2.24. The lowest BCUT2D eigenvalue weighted by atomic mass is 9.88. The molecular formula is C36H44N6O3S2. The Morgan fingerprint density at radius 2 is 2.02 bits per heavy atom. The number of fused-ring (bicyclic) bond motifs is 2. The second-order valence-electron chi connectivity index (χ2n) is 12.7. The van der Waals surface area contributed by atoms with Crippen LogP contribution in [0, 0.1) is 18.8 Å². The summed E-state index contributed by atoms with van der Waals surface area (Å²) in [6.45, 7) is 11.4. The largest absolute Gasteiger partial charge is 0.421 e. The van der Waals surface area contributed by atoms with Crippen molar-refractivity contribution in [3.8, 4) is 21.9 Å². The van der Waals surface area contributed by atoms with Crippen molar-refractivity contribution in [3.05, 3.63) is 59.9 Å². The van der Waals surface area contributed by atoms with Crippen LogP contribution < -0.4 is 5.32 Å². The van der Waals surface area contributed by atoms with Gasteiger partial charge in [-0.05, 0) is 73.5 Å². The van der Waals surface area contributed by atoms with E-state index >= 15 is 0 Å². The van der Waals surface area contributed by atoms with Gasteiger partial charge in [0.15, 0.2) is 0 Å². The van der Waals surface area contributed by atoms with Crippen LogP contribution in [-0.4, -0.2) is 63.1 Å². The highest BCUT2D eigenvalue weighted by Crippen LogP contribution is 2.50. The van der Waals surface area contributed by atoms with Crippen LogP contribution in [0.4, 0.5) is 5.82 Å². The predicted molar refractivity (Wildman–Crippen MR) is 192 cm³/mol. The number of aromatic nitrogens is 4. The highest BCUT2D eigenvalue weighted by atomic mass is 32.2. The number of thiophene rings is 1. The third-order valence-electron chi connectivity index (χ3n) is 9.27. The smallest absolute Gasteiger partial charge is 0.250 e. The molecule has 4 aromatic rings. The van der Waals surface area contributed by atoms with E-state index in [1.807, 2.05) is 32.4 Å². The third kappa shape index (κ3) is 6.89. The zero-order chi connectivity index (χ0) is 33.1. The summed E-state index contributed by atoms with van der Waals surface area (Å²) in [7, 11) is 2.56. The van der Waals surface area contributed by atoms with Crippen molar-refractivity contribution in [2.45, 2.75) is 70.1 Å². The fourth-order valence-corrected chi connectivity index (χ4v) is 9.96. The van der Waals surface area contributed by atoms with E-state index in [1.165, 1.54) is 24.1 Å². The van der Waals surface area contributed by atoms with Crippen molar-refractivity contribution in [3.63, 3.8) is 0 Å². The molecule has 3 aliphatic rings. The molecule has 0 spiro atoms. The minimum Gasteiger partial charge on any atom is -0.421 e. The van der Waals surface area contributed by atoms with E-state index in [9.17, 15) is 4.21 Å². The summed E-state index contributed by atoms with van der Waals surface area (Å²) in [5.74, 6) is 3.30. The summed E-state index contributed by atoms with van der Waals surface area (Å²) in [5, 5.41) is 12.9. The fourth-order valence-electron chi connectivity index (χ4n) is 6.78. The lowest BCUT2D eigenvalue weighted by molar-refractivity contribution is 0.0663. The molecule has 1 N–H and O–H groups in total. The first-order valence-corrected chi connectivity index (χ1v) is 18.6. The van der Waals surface area contributed by atoms with Crippen LogP contribution in [0.15, 0.2) is 56.9 Å². The van der Waals surface area contributed by atoms with Gasteiger partial charge in [-0.3, -0.25) is 14.2 Å². The van der Waals surface area contributed by atoms with Crippen molar-refractivity contribution in [2.75, 3.05) is 38.4 Å². The van der Waals surface area contributed by atoms with Crippen molar-refractivity contribution in [1.82, 2.24) is 20.2 Å². The summed E-state index contributed by atoms with van der Waals surface area (Å²) in [4.78, 5) is 15.8. The number of pyridine rings is 2. The molecule has 2 aliphatic heterocycles. The summed E-state index contributed by atoms with van der Waals surface area (Å²) in [5.41, 5.74) is 6.32. The normalized spacial score (nSPS) is 21.4. The van der Waals surface area contributed by atoms with Crippen LogP contribution in [0.25, 0.3) is 32.0 Å². The molecule has 2 fully saturated rings. The maximum absolute atomic E-state index is 13.8. The molecule has 2 atom stereocenters. The second kappa shape index (κ2) is 14.7. The van der Waals surface area contributed by atoms with Gasteiger partial charge in [0.25, 0.3) is 0 Å². The molecule has 4 aromatic heterocycles. The molecule has 47 heavy (non-hydrogen) atoms. The zero-order valence-electron chi connectivity index (χ0n) is 28.0. The number of aryl methyl sites for hydroxylation is 1. The molecule has 7 rings (SSSR count). The summed E-state index contributed by atoms with van der Waals surface area (Å²) >= 11 is 1.65. The monoisotopic (exact) mass is 672 g/mol. The standard InChI is InChI=1S/C27H31N5O3S2.C9H13N/c1-14(2)18-13-37(33)25-22(20-12-17-5-8-29-26(28-4)24(17)36-20)21(27-32-31-15(3)35-27)19(30-23(18)25)11-16-6-9-34-10-7-16;1-3-5-8-6-4-7-9(8)10-2/h5,8,12,14,16,18H,6-7,9-11,13H2,1-4H3,(H,28,29);3,5H,1,4,6-7H2,2H3/b;8-5-,10-9?. The summed E-state index contributed by atoms with van der Waals surface area (Å²) < 4.78 is 26.5. The van der Waals surface area contributed by atoms with Gasteiger partial charge in [-0.25, -0.2) is 4.98 Å². The van der Waals surface area contributed by atoms with Gasteiger partial charge in [0.1, 0.15) is 5.82 Å². The highest BCUT2D eigenvalue weighted by molar-refractivity contribution is 7.85. The van der Waals surface area contributed by atoms with Gasteiger partial charge in [-0.1, -0.05) is 32.6 Å². The minimum atomic E-state index is -1.18. The average Bonchev–Trinajstić information content (AvgIpc) is 3.87. The first-order chi connectivity index (χ1) is 22.8. The molecule has 1 saturated carbocycles. The lowest BCUT2D eigenvalue weighted by Crippen LogP contribution is -2.19. The molecule has 0 bridgehead atoms. The van der Waals surface area contributed by atoms with Crippen LogP contribution in [0.3, 0.4) is 0 Å². The van der Waals surface area contributed by atoms with Gasteiger partial charge in [-0.2, -0.15) is 0 Å². The number of hydrogen-bond donors (Lipinski definition) is 1. The molecule has 0 aromatic carbocycles. The van der Waals surface area contributed by atoms with Crippen molar-refractivity contribution in [1.29, 1.82) is 0 Å². The van der Waals surface area contributed by atoms with Crippen LogP contribution >= 0.6 is 11.3 Å². The van der Waals surface area contributed by atoms with Gasteiger partial charge in [0.05, 0.1) is 37.3 Å². The molecule has 11 heteroatoms. The maximum Gasteiger partial charge on any atom is 0.250 e. The van der Waals surface area contributed by atoms with Crippen LogP contribution in [0.2, 0.25) is 0 Å². The number of hydrogen-bond acceptors (Lipinski definition) is 10. The minimum absolute atomic E-state index is 0.144. The van der Waals surface area contributed by atoms with E-state index < -0.39 is 10.8 Å². The summed E-state index contributed by atoms with van der Waals surface area (Å²) in [6, 6.07) is 4.19. The topological polar surface area (TPSA) is 115 Å². The van der Waals surface area contributed by atoms with Crippen LogP contribution in [0.5, 0.6) is 0 Å². The van der Waals surface area contributed by atoms with E-state index in [0.29, 0.717) is 29.4 Å². The van der Waals surface area contributed by atoms with Gasteiger partial charge >= 0.3 is 0 Å². The van der Waals surface area contributed by atoms with E-state index in [2.05, 4.69) is 58.1 Å².